The number of nitrogens with zero attached hydrogens (tertiary/aromatic N) is 2. The Balaban J connectivity index is 0.970. The van der Waals surface area contributed by atoms with Crippen LogP contribution in [-0.2, 0) is 0 Å². The van der Waals surface area contributed by atoms with E-state index in [4.69, 9.17) is 14.4 Å². The van der Waals surface area contributed by atoms with Crippen LogP contribution in [0.1, 0.15) is 5.56 Å². The van der Waals surface area contributed by atoms with E-state index in [1.54, 1.807) is 0 Å². The van der Waals surface area contributed by atoms with Gasteiger partial charge in [0.05, 0.1) is 22.8 Å². The van der Waals surface area contributed by atoms with Crippen LogP contribution in [0.4, 0.5) is 0 Å². The zero-order valence-corrected chi connectivity index (χ0v) is 30.7. The average Bonchev–Trinajstić information content (AvgIpc) is 3.66. The monoisotopic (exact) mass is 714 g/mol. The highest BCUT2D eigenvalue weighted by atomic mass is 16.3. The van der Waals surface area contributed by atoms with E-state index in [-0.39, 0.29) is 0 Å². The van der Waals surface area contributed by atoms with Crippen LogP contribution in [0, 0.1) is 6.92 Å². The highest BCUT2D eigenvalue weighted by Gasteiger charge is 2.18. The van der Waals surface area contributed by atoms with Gasteiger partial charge in [0.2, 0.25) is 0 Å². The summed E-state index contributed by atoms with van der Waals surface area (Å²) in [5.74, 6) is 0. The molecule has 11 rings (SSSR count). The van der Waals surface area contributed by atoms with Gasteiger partial charge in [-0.15, -0.1) is 0 Å². The molecule has 3 heteroatoms. The minimum atomic E-state index is 0.821. The number of pyridine rings is 2. The maximum atomic E-state index is 6.80. The van der Waals surface area contributed by atoms with E-state index in [0.717, 1.165) is 67.0 Å². The summed E-state index contributed by atoms with van der Waals surface area (Å²) in [6.45, 7) is 2.20. The number of hydrogen-bond acceptors (Lipinski definition) is 3. The highest BCUT2D eigenvalue weighted by Crippen LogP contribution is 2.41. The van der Waals surface area contributed by atoms with Crippen LogP contribution in [0.25, 0.3) is 110 Å². The Labute approximate surface area is 324 Å². The third-order valence-electron chi connectivity index (χ3n) is 11.2. The lowest BCUT2D eigenvalue weighted by molar-refractivity contribution is 0.670. The number of furan rings is 1. The van der Waals surface area contributed by atoms with Crippen molar-refractivity contribution in [3.05, 3.63) is 194 Å². The minimum Gasteiger partial charge on any atom is -0.455 e. The molecule has 8 aromatic carbocycles. The molecule has 262 valence electrons. The molecule has 0 saturated carbocycles. The quantitative estimate of drug-likeness (QED) is 0.167. The van der Waals surface area contributed by atoms with E-state index in [2.05, 4.69) is 177 Å². The van der Waals surface area contributed by atoms with Crippen molar-refractivity contribution in [3.8, 4) is 56.2 Å². The molecule has 0 atom stereocenters. The van der Waals surface area contributed by atoms with Gasteiger partial charge in [0.1, 0.15) is 11.2 Å². The summed E-state index contributed by atoms with van der Waals surface area (Å²) in [6, 6.07) is 66.4. The molecule has 56 heavy (non-hydrogen) atoms. The summed E-state index contributed by atoms with van der Waals surface area (Å²) in [5, 5.41) is 9.82. The Bertz CT molecular complexity index is 3290. The molecular weight excluding hydrogens is 681 g/mol. The fraction of sp³-hybridized carbons (Fsp3) is 0.0189. The predicted molar refractivity (Wildman–Crippen MR) is 234 cm³/mol. The molecule has 0 radical (unpaired) electrons. The van der Waals surface area contributed by atoms with Crippen molar-refractivity contribution in [2.75, 3.05) is 0 Å². The molecule has 0 amide bonds. The van der Waals surface area contributed by atoms with Gasteiger partial charge >= 0.3 is 0 Å². The van der Waals surface area contributed by atoms with Crippen molar-refractivity contribution in [2.45, 2.75) is 6.92 Å². The van der Waals surface area contributed by atoms with Crippen LogP contribution in [0.5, 0.6) is 0 Å². The molecule has 0 aliphatic rings. The van der Waals surface area contributed by atoms with Crippen LogP contribution in [0.2, 0.25) is 0 Å². The first-order valence-corrected chi connectivity index (χ1v) is 19.1. The van der Waals surface area contributed by atoms with Crippen LogP contribution < -0.4 is 0 Å². The molecule has 3 nitrogen and oxygen atoms in total. The Morgan fingerprint density at radius 2 is 0.768 bits per heavy atom. The zero-order valence-electron chi connectivity index (χ0n) is 30.7. The van der Waals surface area contributed by atoms with Gasteiger partial charge < -0.3 is 4.42 Å². The maximum Gasteiger partial charge on any atom is 0.144 e. The van der Waals surface area contributed by atoms with Crippen molar-refractivity contribution >= 4 is 54.3 Å². The number of aromatic nitrogens is 2. The summed E-state index contributed by atoms with van der Waals surface area (Å²) in [7, 11) is 0. The van der Waals surface area contributed by atoms with Crippen LogP contribution in [-0.4, -0.2) is 9.97 Å². The van der Waals surface area contributed by atoms with Crippen LogP contribution >= 0.6 is 0 Å². The molecule has 0 bridgehead atoms. The molecule has 0 spiro atoms. The number of hydrogen-bond donors (Lipinski definition) is 0. The first-order chi connectivity index (χ1) is 27.7. The van der Waals surface area contributed by atoms with E-state index in [9.17, 15) is 0 Å². The first-order valence-electron chi connectivity index (χ1n) is 19.1. The number of para-hydroxylation sites is 2. The zero-order chi connectivity index (χ0) is 37.2. The van der Waals surface area contributed by atoms with Crippen molar-refractivity contribution < 1.29 is 4.42 Å². The van der Waals surface area contributed by atoms with Crippen molar-refractivity contribution in [2.24, 2.45) is 0 Å². The van der Waals surface area contributed by atoms with Crippen molar-refractivity contribution in [3.63, 3.8) is 0 Å². The lowest BCUT2D eigenvalue weighted by Gasteiger charge is -2.14. The molecule has 3 aromatic heterocycles. The van der Waals surface area contributed by atoms with Gasteiger partial charge in [-0.25, -0.2) is 9.97 Å². The van der Waals surface area contributed by atoms with E-state index < -0.39 is 0 Å². The maximum absolute atomic E-state index is 6.80. The Morgan fingerprint density at radius 1 is 0.304 bits per heavy atom. The van der Waals surface area contributed by atoms with Gasteiger partial charge in [-0.05, 0) is 104 Å². The lowest BCUT2D eigenvalue weighted by atomic mass is 9.90. The summed E-state index contributed by atoms with van der Waals surface area (Å²) in [5.41, 5.74) is 13.0. The summed E-state index contributed by atoms with van der Waals surface area (Å²) in [6.07, 6.45) is 0. The number of rotatable bonds is 5. The smallest absolute Gasteiger partial charge is 0.144 e. The molecule has 0 saturated heterocycles. The molecule has 3 heterocycles. The minimum absolute atomic E-state index is 0.821. The largest absolute Gasteiger partial charge is 0.455 e. The molecule has 11 aromatic rings. The van der Waals surface area contributed by atoms with Crippen molar-refractivity contribution in [1.29, 1.82) is 0 Å². The highest BCUT2D eigenvalue weighted by molar-refractivity contribution is 6.25. The SMILES string of the molecule is Cc1cc(-c2cccc(-c3cccc4c3oc3c(-c5cccc(-c6ccccc6)n5)cccc34)n2)ccc1-c1ccc2c3ccccc3c3ccccc3c2c1. The second-order valence-corrected chi connectivity index (χ2v) is 14.5. The first kappa shape index (κ1) is 32.1. The lowest BCUT2D eigenvalue weighted by Crippen LogP contribution is -1.91. The second-order valence-electron chi connectivity index (χ2n) is 14.5. The molecule has 0 unspecified atom stereocenters. The fourth-order valence-electron chi connectivity index (χ4n) is 8.55. The normalized spacial score (nSPS) is 11.7. The Hall–Kier alpha value is -7.36. The standard InChI is InChI=1S/C53H34N2O/c1-33-31-36(28-29-37(33)35-27-30-42-40-17-6-5-15-38(40)39-16-7-8-18-41(39)47(42)32-35)49-24-12-26-51(55-49)46-22-10-20-44-43-19-9-21-45(52(43)56-53(44)46)50-25-11-23-48(54-50)34-13-3-2-4-14-34/h2-32H,1H3. The van der Waals surface area contributed by atoms with Gasteiger partial charge in [0.15, 0.2) is 0 Å². The molecular formula is C53H34N2O. The molecule has 0 fully saturated rings. The number of benzene rings is 8. The van der Waals surface area contributed by atoms with Crippen molar-refractivity contribution in [1.82, 2.24) is 9.97 Å². The molecule has 0 aliphatic heterocycles. The summed E-state index contributed by atoms with van der Waals surface area (Å²) in [4.78, 5) is 10.3. The van der Waals surface area contributed by atoms with Crippen LogP contribution in [0.15, 0.2) is 192 Å². The molecule has 0 aliphatic carbocycles. The van der Waals surface area contributed by atoms with Gasteiger partial charge in [0.25, 0.3) is 0 Å². The van der Waals surface area contributed by atoms with E-state index in [0.29, 0.717) is 0 Å². The average molecular weight is 715 g/mol. The topological polar surface area (TPSA) is 38.9 Å². The fourth-order valence-corrected chi connectivity index (χ4v) is 8.55. The van der Waals surface area contributed by atoms with E-state index >= 15 is 0 Å². The van der Waals surface area contributed by atoms with Gasteiger partial charge in [0, 0.05) is 33.0 Å². The number of aryl methyl sites for hydroxylation is 1. The van der Waals surface area contributed by atoms with E-state index in [1.165, 1.54) is 49.0 Å². The third-order valence-corrected chi connectivity index (χ3v) is 11.2. The van der Waals surface area contributed by atoms with Gasteiger partial charge in [-0.2, -0.15) is 0 Å². The Kier molecular flexibility index (Phi) is 7.39. The predicted octanol–water partition coefficient (Wildman–Crippen LogP) is 14.5. The van der Waals surface area contributed by atoms with Gasteiger partial charge in [-0.3, -0.25) is 0 Å². The van der Waals surface area contributed by atoms with Crippen LogP contribution in [0.3, 0.4) is 0 Å². The Morgan fingerprint density at radius 3 is 1.36 bits per heavy atom. The number of fused-ring (bicyclic) bond motifs is 9. The summed E-state index contributed by atoms with van der Waals surface area (Å²) >= 11 is 0. The van der Waals surface area contributed by atoms with Gasteiger partial charge in [-0.1, -0.05) is 140 Å². The second kappa shape index (κ2) is 12.9. The third kappa shape index (κ3) is 5.20. The molecule has 0 N–H and O–H groups in total. The van der Waals surface area contributed by atoms with E-state index in [1.807, 2.05) is 18.2 Å². The summed E-state index contributed by atoms with van der Waals surface area (Å²) < 4.78 is 6.80.